The second-order valence-electron chi connectivity index (χ2n) is 13.4. The quantitative estimate of drug-likeness (QED) is 0.224. The maximum Gasteiger partial charge on any atom is 0.319 e. The molecule has 48 heavy (non-hydrogen) atoms. The summed E-state index contributed by atoms with van der Waals surface area (Å²) < 4.78 is 41.4. The van der Waals surface area contributed by atoms with Gasteiger partial charge in [-0.2, -0.15) is 23.8 Å². The third-order valence-corrected chi connectivity index (χ3v) is 10.2. The molecule has 0 atom stereocenters. The minimum absolute atomic E-state index is 0.0400. The van der Waals surface area contributed by atoms with Crippen molar-refractivity contribution in [2.75, 3.05) is 57.8 Å². The summed E-state index contributed by atoms with van der Waals surface area (Å²) in [7, 11) is 2.10. The molecule has 12 heteroatoms. The lowest BCUT2D eigenvalue weighted by molar-refractivity contribution is -0.139. The Bertz CT molecular complexity index is 1900. The van der Waals surface area contributed by atoms with E-state index in [4.69, 9.17) is 19.4 Å². The number of hydrogen-bond acceptors (Lipinski definition) is 8. The fraction of sp³-hybridized carbons (Fsp3) is 0.444. The maximum absolute atomic E-state index is 14.2. The van der Waals surface area contributed by atoms with E-state index in [1.54, 1.807) is 12.3 Å². The number of piperidine rings is 2. The van der Waals surface area contributed by atoms with Gasteiger partial charge < -0.3 is 24.2 Å². The Morgan fingerprint density at radius 3 is 2.54 bits per heavy atom. The number of ether oxygens (including phenoxy) is 2. The standard InChI is InChI=1S/C36H41F2N7O3/c1-5-29(46)45-20-36(21-45)11-15-44(16-12-36)34-25-17-23(18-28(37)38)31(30-22(3)7-8-27-26(30)19-39-42-27)33(47-6-2)32(25)40-35(41-34)48-24-9-13-43(4)14-10-24/h5,7-8,17-19,24H,1,6,9-16,20-21H2,2-4H3,(H,39,42). The van der Waals surface area contributed by atoms with E-state index in [-0.39, 0.29) is 23.4 Å². The number of likely N-dealkylation sites (tertiary alicyclic amines) is 2. The first-order valence-corrected chi connectivity index (χ1v) is 16.7. The highest BCUT2D eigenvalue weighted by Crippen LogP contribution is 2.48. The summed E-state index contributed by atoms with van der Waals surface area (Å²) in [4.78, 5) is 28.4. The average molecular weight is 658 g/mol. The molecule has 2 aromatic carbocycles. The van der Waals surface area contributed by atoms with Gasteiger partial charge in [0.25, 0.3) is 6.08 Å². The van der Waals surface area contributed by atoms with Crippen LogP contribution >= 0.6 is 0 Å². The number of nitrogens with zero attached hydrogens (tertiary/aromatic N) is 6. The van der Waals surface area contributed by atoms with Crippen LogP contribution < -0.4 is 14.4 Å². The summed E-state index contributed by atoms with van der Waals surface area (Å²) in [5.41, 5.74) is 3.83. The summed E-state index contributed by atoms with van der Waals surface area (Å²) in [6.45, 7) is 12.4. The Labute approximate surface area is 278 Å². The molecule has 0 radical (unpaired) electrons. The Balaban J connectivity index is 1.39. The summed E-state index contributed by atoms with van der Waals surface area (Å²) in [5, 5.41) is 8.67. The van der Waals surface area contributed by atoms with Gasteiger partial charge in [0, 0.05) is 67.1 Å². The SMILES string of the molecule is C=CC(=O)N1CC2(CCN(c3nc(OC4CCN(C)CC4)nc4c(OCC)c(-c5c(C)ccc6[nH]ncc56)c(C=C(F)F)cc34)CC2)C1. The van der Waals surface area contributed by atoms with E-state index >= 15 is 0 Å². The number of carbonyl (C=O) groups is 1. The van der Waals surface area contributed by atoms with Crippen LogP contribution in [0.4, 0.5) is 14.6 Å². The Morgan fingerprint density at radius 1 is 1.10 bits per heavy atom. The molecule has 3 saturated heterocycles. The third-order valence-electron chi connectivity index (χ3n) is 10.2. The van der Waals surface area contributed by atoms with Gasteiger partial charge in [0.15, 0.2) is 5.75 Å². The molecule has 7 rings (SSSR count). The lowest BCUT2D eigenvalue weighted by Crippen LogP contribution is -2.61. The topological polar surface area (TPSA) is 99.7 Å². The summed E-state index contributed by atoms with van der Waals surface area (Å²) in [6.07, 6.45) is 5.56. The third kappa shape index (κ3) is 5.86. The highest BCUT2D eigenvalue weighted by molar-refractivity contribution is 6.07. The predicted octanol–water partition coefficient (Wildman–Crippen LogP) is 6.21. The minimum atomic E-state index is -1.82. The smallest absolute Gasteiger partial charge is 0.319 e. The molecule has 1 spiro atoms. The molecule has 1 amide bonds. The number of anilines is 1. The lowest BCUT2D eigenvalue weighted by Gasteiger charge is -2.54. The van der Waals surface area contributed by atoms with Crippen molar-refractivity contribution >= 4 is 39.6 Å². The van der Waals surface area contributed by atoms with Gasteiger partial charge >= 0.3 is 6.01 Å². The molecule has 0 saturated carbocycles. The van der Waals surface area contributed by atoms with Gasteiger partial charge in [-0.3, -0.25) is 9.89 Å². The van der Waals surface area contributed by atoms with Gasteiger partial charge in [-0.15, -0.1) is 0 Å². The molecule has 0 bridgehead atoms. The number of aryl methyl sites for hydroxylation is 1. The van der Waals surface area contributed by atoms with Crippen LogP contribution in [-0.2, 0) is 4.79 Å². The van der Waals surface area contributed by atoms with Crippen LogP contribution in [0.5, 0.6) is 11.8 Å². The normalized spacial score (nSPS) is 18.3. The molecule has 252 valence electrons. The minimum Gasteiger partial charge on any atom is -0.491 e. The largest absolute Gasteiger partial charge is 0.491 e. The summed E-state index contributed by atoms with van der Waals surface area (Å²) in [5.74, 6) is 1.000. The van der Waals surface area contributed by atoms with Crippen LogP contribution in [0.2, 0.25) is 0 Å². The van der Waals surface area contributed by atoms with Gasteiger partial charge in [-0.25, -0.2) is 0 Å². The monoisotopic (exact) mass is 657 g/mol. The lowest BCUT2D eigenvalue weighted by atomic mass is 9.72. The van der Waals surface area contributed by atoms with Crippen molar-refractivity contribution in [2.45, 2.75) is 45.6 Å². The Morgan fingerprint density at radius 2 is 1.85 bits per heavy atom. The zero-order valence-electron chi connectivity index (χ0n) is 27.7. The van der Waals surface area contributed by atoms with E-state index in [0.29, 0.717) is 66.4 Å². The maximum atomic E-state index is 14.2. The van der Waals surface area contributed by atoms with Gasteiger partial charge in [0.1, 0.15) is 17.4 Å². The highest BCUT2D eigenvalue weighted by atomic mass is 19.3. The molecule has 0 unspecified atom stereocenters. The molecule has 3 fully saturated rings. The van der Waals surface area contributed by atoms with Crippen LogP contribution in [0.15, 0.2) is 43.1 Å². The van der Waals surface area contributed by atoms with E-state index in [1.807, 2.05) is 30.9 Å². The van der Waals surface area contributed by atoms with Gasteiger partial charge in [-0.05, 0) is 81.5 Å². The second kappa shape index (κ2) is 12.8. The number of nitrogens with one attached hydrogen (secondary N) is 1. The first-order chi connectivity index (χ1) is 23.2. The van der Waals surface area contributed by atoms with Crippen molar-refractivity contribution in [1.29, 1.82) is 0 Å². The van der Waals surface area contributed by atoms with Crippen molar-refractivity contribution in [2.24, 2.45) is 5.41 Å². The van der Waals surface area contributed by atoms with Crippen molar-refractivity contribution in [3.63, 3.8) is 0 Å². The summed E-state index contributed by atoms with van der Waals surface area (Å²) in [6, 6.07) is 5.89. The van der Waals surface area contributed by atoms with Crippen molar-refractivity contribution in [3.8, 4) is 22.9 Å². The van der Waals surface area contributed by atoms with Gasteiger partial charge in [-0.1, -0.05) is 12.6 Å². The molecule has 10 nitrogen and oxygen atoms in total. The summed E-state index contributed by atoms with van der Waals surface area (Å²) >= 11 is 0. The predicted molar refractivity (Wildman–Crippen MR) is 183 cm³/mol. The van der Waals surface area contributed by atoms with Crippen LogP contribution in [0.3, 0.4) is 0 Å². The molecule has 0 aliphatic carbocycles. The zero-order chi connectivity index (χ0) is 33.6. The number of amides is 1. The van der Waals surface area contributed by atoms with Crippen molar-refractivity contribution in [1.82, 2.24) is 30.0 Å². The molecule has 5 heterocycles. The number of carbonyl (C=O) groups excluding carboxylic acids is 1. The second-order valence-corrected chi connectivity index (χ2v) is 13.4. The number of rotatable bonds is 8. The fourth-order valence-electron chi connectivity index (χ4n) is 7.56. The van der Waals surface area contributed by atoms with Crippen molar-refractivity contribution < 1.29 is 23.0 Å². The fourth-order valence-corrected chi connectivity index (χ4v) is 7.56. The first-order valence-electron chi connectivity index (χ1n) is 16.7. The average Bonchev–Trinajstić information content (AvgIpc) is 3.54. The van der Waals surface area contributed by atoms with Gasteiger partial charge in [0.2, 0.25) is 5.91 Å². The number of aromatic amines is 1. The van der Waals surface area contributed by atoms with Crippen LogP contribution in [0.25, 0.3) is 39.0 Å². The molecule has 1 N–H and O–H groups in total. The number of fused-ring (bicyclic) bond motifs is 2. The van der Waals surface area contributed by atoms with E-state index in [9.17, 15) is 13.6 Å². The molecule has 2 aromatic heterocycles. The Kier molecular flexibility index (Phi) is 8.53. The van der Waals surface area contributed by atoms with Crippen LogP contribution in [0, 0.1) is 12.3 Å². The number of hydrogen-bond donors (Lipinski definition) is 1. The van der Waals surface area contributed by atoms with E-state index in [1.165, 1.54) is 6.08 Å². The van der Waals surface area contributed by atoms with E-state index in [2.05, 4.69) is 33.6 Å². The van der Waals surface area contributed by atoms with E-state index < -0.39 is 6.08 Å². The number of benzene rings is 2. The number of aromatic nitrogens is 4. The molecule has 4 aromatic rings. The van der Waals surface area contributed by atoms with E-state index in [0.717, 1.165) is 66.9 Å². The molecule has 3 aliphatic heterocycles. The van der Waals surface area contributed by atoms with Crippen molar-refractivity contribution in [3.05, 3.63) is 54.3 Å². The number of H-pyrrole nitrogens is 1. The highest BCUT2D eigenvalue weighted by Gasteiger charge is 2.46. The van der Waals surface area contributed by atoms with Crippen LogP contribution in [-0.4, -0.2) is 94.9 Å². The first kappa shape index (κ1) is 32.0. The zero-order valence-corrected chi connectivity index (χ0v) is 27.7. The van der Waals surface area contributed by atoms with Gasteiger partial charge in [0.05, 0.1) is 18.3 Å². The Hall–Kier alpha value is -4.58. The number of halogens is 2. The molecular formula is C36H41F2N7O3. The molecular weight excluding hydrogens is 616 g/mol. The van der Waals surface area contributed by atoms with Crippen LogP contribution in [0.1, 0.15) is 43.7 Å². The molecule has 3 aliphatic rings.